The van der Waals surface area contributed by atoms with Crippen LogP contribution in [0.3, 0.4) is 0 Å². The van der Waals surface area contributed by atoms with Crippen LogP contribution in [0.15, 0.2) is 0 Å². The first-order valence-corrected chi connectivity index (χ1v) is 5.95. The second-order valence-electron chi connectivity index (χ2n) is 4.30. The highest BCUT2D eigenvalue weighted by Gasteiger charge is 2.29. The number of urea groups is 1. The molecule has 1 aliphatic rings. The van der Waals surface area contributed by atoms with Gasteiger partial charge in [0.05, 0.1) is 0 Å². The smallest absolute Gasteiger partial charge is 0.323 e. The van der Waals surface area contributed by atoms with E-state index in [2.05, 4.69) is 0 Å². The molecule has 1 rings (SSSR count). The highest BCUT2D eigenvalue weighted by molar-refractivity contribution is 5.80. The molecule has 2 amide bonds. The predicted octanol–water partition coefficient (Wildman–Crippen LogP) is 0.217. The Balaban J connectivity index is 2.49. The third-order valence-corrected chi connectivity index (χ3v) is 3.07. The van der Waals surface area contributed by atoms with E-state index in [1.165, 1.54) is 4.90 Å². The number of likely N-dealkylation sites (N-methyl/N-ethyl adjacent to an activating group) is 1. The number of carboxylic acids is 1. The molecular formula is C11H20N2O4. The van der Waals surface area contributed by atoms with Crippen molar-refractivity contribution in [2.45, 2.75) is 19.8 Å². The highest BCUT2D eigenvalue weighted by Crippen LogP contribution is 2.20. The fourth-order valence-electron chi connectivity index (χ4n) is 2.10. The summed E-state index contributed by atoms with van der Waals surface area (Å²) in [5.74, 6) is -0.654. The average Bonchev–Trinajstić information content (AvgIpc) is 2.74. The number of aliphatic carboxylic acids is 1. The van der Waals surface area contributed by atoms with Crippen molar-refractivity contribution in [2.24, 2.45) is 5.92 Å². The summed E-state index contributed by atoms with van der Waals surface area (Å²) in [6.45, 7) is 3.32. The van der Waals surface area contributed by atoms with E-state index in [1.54, 1.807) is 11.8 Å². The number of amides is 2. The Morgan fingerprint density at radius 2 is 2.18 bits per heavy atom. The quantitative estimate of drug-likeness (QED) is 0.724. The number of hydrogen-bond acceptors (Lipinski definition) is 3. The van der Waals surface area contributed by atoms with Crippen molar-refractivity contribution >= 4 is 12.0 Å². The van der Waals surface area contributed by atoms with E-state index in [0.717, 1.165) is 6.42 Å². The van der Waals surface area contributed by atoms with Gasteiger partial charge in [-0.05, 0) is 25.7 Å². The van der Waals surface area contributed by atoms with Gasteiger partial charge in [-0.25, -0.2) is 4.79 Å². The summed E-state index contributed by atoms with van der Waals surface area (Å²) in [5, 5.41) is 17.5. The Morgan fingerprint density at radius 3 is 2.71 bits per heavy atom. The van der Waals surface area contributed by atoms with Crippen LogP contribution in [0.2, 0.25) is 0 Å². The number of carbonyl (C=O) groups is 2. The fourth-order valence-corrected chi connectivity index (χ4v) is 2.10. The van der Waals surface area contributed by atoms with Crippen LogP contribution in [0.4, 0.5) is 4.79 Å². The number of aliphatic hydroxyl groups is 1. The maximum Gasteiger partial charge on any atom is 0.323 e. The monoisotopic (exact) mass is 244 g/mol. The summed E-state index contributed by atoms with van der Waals surface area (Å²) in [5.41, 5.74) is 0. The van der Waals surface area contributed by atoms with Crippen LogP contribution in [0.5, 0.6) is 0 Å². The molecule has 0 aromatic heterocycles. The lowest BCUT2D eigenvalue weighted by molar-refractivity contribution is -0.137. The van der Waals surface area contributed by atoms with E-state index in [0.29, 0.717) is 32.0 Å². The van der Waals surface area contributed by atoms with Gasteiger partial charge in [0.1, 0.15) is 6.54 Å². The number of carbonyl (C=O) groups excluding carboxylic acids is 1. The first-order valence-electron chi connectivity index (χ1n) is 5.95. The number of nitrogens with zero attached hydrogens (tertiary/aromatic N) is 2. The van der Waals surface area contributed by atoms with Crippen molar-refractivity contribution in [1.29, 1.82) is 0 Å². The molecule has 1 unspecified atom stereocenters. The van der Waals surface area contributed by atoms with Gasteiger partial charge in [0, 0.05) is 26.2 Å². The normalized spacial score (nSPS) is 19.4. The molecule has 6 nitrogen and oxygen atoms in total. The minimum atomic E-state index is -0.994. The van der Waals surface area contributed by atoms with Gasteiger partial charge < -0.3 is 20.0 Å². The topological polar surface area (TPSA) is 81.1 Å². The van der Waals surface area contributed by atoms with E-state index in [4.69, 9.17) is 10.2 Å². The maximum absolute atomic E-state index is 12.0. The summed E-state index contributed by atoms with van der Waals surface area (Å²) >= 11 is 0. The summed E-state index contributed by atoms with van der Waals surface area (Å²) < 4.78 is 0. The third kappa shape index (κ3) is 3.89. The van der Waals surface area contributed by atoms with E-state index in [-0.39, 0.29) is 19.2 Å². The van der Waals surface area contributed by atoms with Gasteiger partial charge in [0.15, 0.2) is 0 Å². The Morgan fingerprint density at radius 1 is 1.47 bits per heavy atom. The van der Waals surface area contributed by atoms with E-state index >= 15 is 0 Å². The van der Waals surface area contributed by atoms with Crippen LogP contribution < -0.4 is 0 Å². The Hall–Kier alpha value is -1.30. The average molecular weight is 244 g/mol. The molecule has 0 spiro atoms. The molecule has 0 aromatic carbocycles. The zero-order valence-electron chi connectivity index (χ0n) is 10.1. The summed E-state index contributed by atoms with van der Waals surface area (Å²) in [6, 6.07) is -0.213. The van der Waals surface area contributed by atoms with Crippen LogP contribution in [-0.2, 0) is 4.79 Å². The minimum absolute atomic E-state index is 0.138. The second-order valence-corrected chi connectivity index (χ2v) is 4.30. The van der Waals surface area contributed by atoms with Gasteiger partial charge >= 0.3 is 12.0 Å². The molecular weight excluding hydrogens is 224 g/mol. The third-order valence-electron chi connectivity index (χ3n) is 3.07. The fraction of sp³-hybridized carbons (Fsp3) is 0.818. The van der Waals surface area contributed by atoms with Crippen LogP contribution in [0.1, 0.15) is 19.8 Å². The lowest BCUT2D eigenvalue weighted by Crippen LogP contribution is -2.44. The number of aliphatic hydroxyl groups excluding tert-OH is 1. The lowest BCUT2D eigenvalue weighted by atomic mass is 10.1. The zero-order valence-corrected chi connectivity index (χ0v) is 10.1. The van der Waals surface area contributed by atoms with Gasteiger partial charge in [-0.1, -0.05) is 0 Å². The largest absolute Gasteiger partial charge is 0.480 e. The van der Waals surface area contributed by atoms with Gasteiger partial charge in [-0.3, -0.25) is 4.79 Å². The SMILES string of the molecule is CCN(CC(=O)O)C(=O)N1CCC(CCO)C1. The van der Waals surface area contributed by atoms with Crippen LogP contribution >= 0.6 is 0 Å². The standard InChI is InChI=1S/C11H20N2O4/c1-2-12(8-10(15)16)11(17)13-5-3-9(7-13)4-6-14/h9,14H,2-8H2,1H3,(H,15,16). The predicted molar refractivity (Wildman–Crippen MR) is 61.7 cm³/mol. The number of hydrogen-bond donors (Lipinski definition) is 2. The number of likely N-dealkylation sites (tertiary alicyclic amines) is 1. The van der Waals surface area contributed by atoms with E-state index in [1.807, 2.05) is 0 Å². The van der Waals surface area contributed by atoms with E-state index < -0.39 is 5.97 Å². The Labute approximate surface area is 101 Å². The van der Waals surface area contributed by atoms with Gasteiger partial charge in [-0.15, -0.1) is 0 Å². The molecule has 6 heteroatoms. The maximum atomic E-state index is 12.0. The molecule has 0 aromatic rings. The first kappa shape index (κ1) is 13.8. The Bertz CT molecular complexity index is 283. The molecule has 0 saturated carbocycles. The molecule has 1 heterocycles. The van der Waals surface area contributed by atoms with Gasteiger partial charge in [0.2, 0.25) is 0 Å². The lowest BCUT2D eigenvalue weighted by Gasteiger charge is -2.25. The molecule has 0 aliphatic carbocycles. The second kappa shape index (κ2) is 6.44. The van der Waals surface area contributed by atoms with Crippen molar-refractivity contribution in [3.05, 3.63) is 0 Å². The molecule has 1 aliphatic heterocycles. The number of carboxylic acid groups (broad SMARTS) is 1. The van der Waals surface area contributed by atoms with Gasteiger partial charge in [0.25, 0.3) is 0 Å². The van der Waals surface area contributed by atoms with Crippen LogP contribution in [0.25, 0.3) is 0 Å². The van der Waals surface area contributed by atoms with Crippen molar-refractivity contribution in [2.75, 3.05) is 32.8 Å². The van der Waals surface area contributed by atoms with Crippen molar-refractivity contribution < 1.29 is 19.8 Å². The minimum Gasteiger partial charge on any atom is -0.480 e. The van der Waals surface area contributed by atoms with Crippen molar-refractivity contribution in [3.63, 3.8) is 0 Å². The molecule has 1 atom stereocenters. The molecule has 0 bridgehead atoms. The molecule has 17 heavy (non-hydrogen) atoms. The van der Waals surface area contributed by atoms with Crippen LogP contribution in [-0.4, -0.2) is 64.8 Å². The molecule has 2 N–H and O–H groups in total. The summed E-state index contributed by atoms with van der Waals surface area (Å²) in [4.78, 5) is 25.6. The van der Waals surface area contributed by atoms with Gasteiger partial charge in [-0.2, -0.15) is 0 Å². The Kier molecular flexibility index (Phi) is 5.21. The van der Waals surface area contributed by atoms with Crippen molar-refractivity contribution in [3.8, 4) is 0 Å². The molecule has 98 valence electrons. The summed E-state index contributed by atoms with van der Waals surface area (Å²) in [7, 11) is 0. The molecule has 0 radical (unpaired) electrons. The van der Waals surface area contributed by atoms with E-state index in [9.17, 15) is 9.59 Å². The first-order chi connectivity index (χ1) is 8.08. The molecule has 1 saturated heterocycles. The summed E-state index contributed by atoms with van der Waals surface area (Å²) in [6.07, 6.45) is 1.59. The van der Waals surface area contributed by atoms with Crippen LogP contribution in [0, 0.1) is 5.92 Å². The number of rotatable bonds is 5. The zero-order chi connectivity index (χ0) is 12.8. The highest BCUT2D eigenvalue weighted by atomic mass is 16.4. The van der Waals surface area contributed by atoms with Crippen molar-refractivity contribution in [1.82, 2.24) is 9.80 Å². The molecule has 1 fully saturated rings.